The normalized spacial score (nSPS) is 11.8. The summed E-state index contributed by atoms with van der Waals surface area (Å²) in [5.74, 6) is 0.671. The fourth-order valence-electron chi connectivity index (χ4n) is 1.67. The summed E-state index contributed by atoms with van der Waals surface area (Å²) in [6, 6.07) is 6.48. The molecule has 0 amide bonds. The molecule has 0 bridgehead atoms. The molecule has 1 rings (SSSR count). The lowest BCUT2D eigenvalue weighted by atomic mass is 10.3. The summed E-state index contributed by atoms with van der Waals surface area (Å²) in [5.41, 5.74) is 0. The second kappa shape index (κ2) is 8.99. The molecule has 0 aliphatic rings. The second-order valence-corrected chi connectivity index (χ2v) is 6.64. The maximum atomic E-state index is 12.3. The first-order chi connectivity index (χ1) is 10.0. The molecule has 0 atom stereocenters. The van der Waals surface area contributed by atoms with Gasteiger partial charge in [0.15, 0.2) is 0 Å². The van der Waals surface area contributed by atoms with E-state index >= 15 is 0 Å². The van der Waals surface area contributed by atoms with Crippen molar-refractivity contribution in [3.63, 3.8) is 0 Å². The molecular weight excluding hydrogens is 292 g/mol. The predicted molar refractivity (Wildman–Crippen MR) is 82.2 cm³/mol. The minimum Gasteiger partial charge on any atom is -0.494 e. The number of methoxy groups -OCH3 is 1. The van der Waals surface area contributed by atoms with Crippen LogP contribution >= 0.6 is 0 Å². The van der Waals surface area contributed by atoms with Crippen LogP contribution in [0, 0.1) is 0 Å². The minimum absolute atomic E-state index is 0.253. The van der Waals surface area contributed by atoms with Gasteiger partial charge >= 0.3 is 0 Å². The number of hydrogen-bond donors (Lipinski definition) is 1. The highest BCUT2D eigenvalue weighted by Crippen LogP contribution is 2.18. The Bertz CT molecular complexity index is 502. The fourth-order valence-corrected chi connectivity index (χ4v) is 2.82. The molecule has 0 aliphatic heterocycles. The summed E-state index contributed by atoms with van der Waals surface area (Å²) in [6.07, 6.45) is 0.899. The molecule has 21 heavy (non-hydrogen) atoms. The van der Waals surface area contributed by atoms with Crippen LogP contribution in [0.25, 0.3) is 0 Å². The zero-order valence-corrected chi connectivity index (χ0v) is 13.6. The molecule has 0 unspecified atom stereocenters. The number of nitrogens with zero attached hydrogens (tertiary/aromatic N) is 1. The molecule has 1 aromatic carbocycles. The molecule has 7 heteroatoms. The van der Waals surface area contributed by atoms with Crippen molar-refractivity contribution in [3.05, 3.63) is 24.3 Å². The molecule has 6 nitrogen and oxygen atoms in total. The third-order valence-corrected chi connectivity index (χ3v) is 4.85. The van der Waals surface area contributed by atoms with E-state index in [1.165, 1.54) is 11.4 Å². The van der Waals surface area contributed by atoms with Crippen LogP contribution in [0.5, 0.6) is 5.75 Å². The Balaban J connectivity index is 2.63. The molecule has 0 spiro atoms. The van der Waals surface area contributed by atoms with Crippen molar-refractivity contribution in [2.24, 2.45) is 0 Å². The maximum absolute atomic E-state index is 12.3. The lowest BCUT2D eigenvalue weighted by Gasteiger charge is -2.16. The highest BCUT2D eigenvalue weighted by atomic mass is 32.2. The van der Waals surface area contributed by atoms with Gasteiger partial charge < -0.3 is 14.8 Å². The average Bonchev–Trinajstić information content (AvgIpc) is 2.49. The Morgan fingerprint density at radius 1 is 1.19 bits per heavy atom. The van der Waals surface area contributed by atoms with Gasteiger partial charge in [0.25, 0.3) is 0 Å². The summed E-state index contributed by atoms with van der Waals surface area (Å²) >= 11 is 0. The maximum Gasteiger partial charge on any atom is 0.242 e. The molecule has 0 saturated carbocycles. The molecule has 0 radical (unpaired) electrons. The molecule has 1 aromatic rings. The Hall–Kier alpha value is -1.15. The third-order valence-electron chi connectivity index (χ3n) is 2.98. The number of hydrogen-bond acceptors (Lipinski definition) is 5. The second-order valence-electron chi connectivity index (χ2n) is 4.60. The van der Waals surface area contributed by atoms with Crippen LogP contribution in [0.4, 0.5) is 0 Å². The Morgan fingerprint density at radius 2 is 1.86 bits per heavy atom. The largest absolute Gasteiger partial charge is 0.494 e. The number of likely N-dealkylation sites (N-methyl/N-ethyl adjacent to an activating group) is 1. The van der Waals surface area contributed by atoms with Gasteiger partial charge in [0, 0.05) is 20.7 Å². The van der Waals surface area contributed by atoms with Gasteiger partial charge in [0.2, 0.25) is 10.0 Å². The quantitative estimate of drug-likeness (QED) is 0.651. The van der Waals surface area contributed by atoms with Gasteiger partial charge in [-0.05, 0) is 44.3 Å². The van der Waals surface area contributed by atoms with E-state index in [4.69, 9.17) is 9.47 Å². The smallest absolute Gasteiger partial charge is 0.242 e. The number of ether oxygens (including phenoxy) is 2. The summed E-state index contributed by atoms with van der Waals surface area (Å²) < 4.78 is 36.2. The van der Waals surface area contributed by atoms with E-state index in [0.717, 1.165) is 13.0 Å². The molecular formula is C14H24N2O4S. The zero-order chi connectivity index (χ0) is 15.7. The Labute approximate surface area is 127 Å². The fraction of sp³-hybridized carbons (Fsp3) is 0.571. The third kappa shape index (κ3) is 5.62. The van der Waals surface area contributed by atoms with Crippen LogP contribution in [0.2, 0.25) is 0 Å². The van der Waals surface area contributed by atoms with E-state index < -0.39 is 10.0 Å². The van der Waals surface area contributed by atoms with Gasteiger partial charge in [0.05, 0.1) is 18.1 Å². The van der Waals surface area contributed by atoms with E-state index in [-0.39, 0.29) is 4.90 Å². The minimum atomic E-state index is -3.47. The molecule has 0 fully saturated rings. The topological polar surface area (TPSA) is 67.9 Å². The van der Waals surface area contributed by atoms with E-state index in [2.05, 4.69) is 5.32 Å². The predicted octanol–water partition coefficient (Wildman–Crippen LogP) is 0.942. The van der Waals surface area contributed by atoms with Crippen LogP contribution in [-0.2, 0) is 14.8 Å². The van der Waals surface area contributed by atoms with E-state index in [1.807, 2.05) is 7.05 Å². The van der Waals surface area contributed by atoms with Crippen molar-refractivity contribution >= 4 is 10.0 Å². The van der Waals surface area contributed by atoms with Gasteiger partial charge in [-0.25, -0.2) is 8.42 Å². The lowest BCUT2D eigenvalue weighted by Crippen LogP contribution is -2.30. The summed E-state index contributed by atoms with van der Waals surface area (Å²) in [6.45, 7) is 2.17. The first kappa shape index (κ1) is 17.9. The summed E-state index contributed by atoms with van der Waals surface area (Å²) in [7, 11) is 1.50. The molecule has 0 heterocycles. The lowest BCUT2D eigenvalue weighted by molar-refractivity contribution is 0.185. The highest BCUT2D eigenvalue weighted by molar-refractivity contribution is 7.89. The van der Waals surface area contributed by atoms with E-state index in [0.29, 0.717) is 25.5 Å². The number of benzene rings is 1. The van der Waals surface area contributed by atoms with Gasteiger partial charge in [-0.15, -0.1) is 0 Å². The molecule has 0 aromatic heterocycles. The van der Waals surface area contributed by atoms with E-state index in [1.54, 1.807) is 31.4 Å². The van der Waals surface area contributed by atoms with Crippen molar-refractivity contribution in [2.75, 3.05) is 47.5 Å². The van der Waals surface area contributed by atoms with Crippen LogP contribution in [0.1, 0.15) is 6.42 Å². The van der Waals surface area contributed by atoms with Gasteiger partial charge in [-0.3, -0.25) is 0 Å². The molecule has 0 aliphatic carbocycles. The van der Waals surface area contributed by atoms with Crippen molar-refractivity contribution in [2.45, 2.75) is 11.3 Å². The van der Waals surface area contributed by atoms with Crippen molar-refractivity contribution < 1.29 is 17.9 Å². The number of nitrogens with one attached hydrogen (secondary N) is 1. The van der Waals surface area contributed by atoms with Crippen LogP contribution in [-0.4, -0.2) is 60.2 Å². The van der Waals surface area contributed by atoms with Gasteiger partial charge in [-0.2, -0.15) is 4.31 Å². The Morgan fingerprint density at radius 3 is 2.43 bits per heavy atom. The zero-order valence-electron chi connectivity index (χ0n) is 12.8. The molecule has 0 saturated heterocycles. The SMILES string of the molecule is CNCCCOc1ccc(S(=O)(=O)N(C)CCOC)cc1. The van der Waals surface area contributed by atoms with Crippen molar-refractivity contribution in [1.29, 1.82) is 0 Å². The van der Waals surface area contributed by atoms with Gasteiger partial charge in [-0.1, -0.05) is 0 Å². The van der Waals surface area contributed by atoms with E-state index in [9.17, 15) is 8.42 Å². The van der Waals surface area contributed by atoms with Gasteiger partial charge in [0.1, 0.15) is 5.75 Å². The first-order valence-corrected chi connectivity index (χ1v) is 8.29. The number of rotatable bonds is 10. The Kier molecular flexibility index (Phi) is 7.66. The number of sulfonamides is 1. The van der Waals surface area contributed by atoms with Crippen molar-refractivity contribution in [1.82, 2.24) is 9.62 Å². The van der Waals surface area contributed by atoms with Crippen LogP contribution in [0.15, 0.2) is 29.2 Å². The molecule has 120 valence electrons. The summed E-state index contributed by atoms with van der Waals surface area (Å²) in [5, 5.41) is 3.04. The monoisotopic (exact) mass is 316 g/mol. The average molecular weight is 316 g/mol. The summed E-state index contributed by atoms with van der Waals surface area (Å²) in [4.78, 5) is 0.253. The standard InChI is InChI=1S/C14H24N2O4S/c1-15-9-4-11-20-13-5-7-14(8-6-13)21(17,18)16(2)10-12-19-3/h5-8,15H,4,9-12H2,1-3H3. The molecule has 1 N–H and O–H groups in total. The van der Waals surface area contributed by atoms with Crippen molar-refractivity contribution in [3.8, 4) is 5.75 Å². The highest BCUT2D eigenvalue weighted by Gasteiger charge is 2.20. The van der Waals surface area contributed by atoms with Crippen LogP contribution in [0.3, 0.4) is 0 Å². The first-order valence-electron chi connectivity index (χ1n) is 6.85. The van der Waals surface area contributed by atoms with Crippen LogP contribution < -0.4 is 10.1 Å².